The number of pyridine rings is 1. The van der Waals surface area contributed by atoms with Gasteiger partial charge in [-0.25, -0.2) is 4.68 Å². The third-order valence-corrected chi connectivity index (χ3v) is 6.92. The van der Waals surface area contributed by atoms with Gasteiger partial charge in [0.15, 0.2) is 0 Å². The van der Waals surface area contributed by atoms with Crippen LogP contribution in [0.5, 0.6) is 17.5 Å². The van der Waals surface area contributed by atoms with Crippen LogP contribution in [0.25, 0.3) is 11.0 Å². The second-order valence-corrected chi connectivity index (χ2v) is 9.14. The van der Waals surface area contributed by atoms with E-state index in [0.29, 0.717) is 22.5 Å². The van der Waals surface area contributed by atoms with E-state index in [4.69, 9.17) is 21.1 Å². The van der Waals surface area contributed by atoms with Crippen molar-refractivity contribution >= 4 is 44.3 Å². The van der Waals surface area contributed by atoms with Crippen LogP contribution in [0.3, 0.4) is 0 Å². The molecule has 0 unspecified atom stereocenters. The van der Waals surface area contributed by atoms with Gasteiger partial charge < -0.3 is 14.4 Å². The second kappa shape index (κ2) is 7.89. The van der Waals surface area contributed by atoms with Crippen molar-refractivity contribution in [1.29, 1.82) is 0 Å². The van der Waals surface area contributed by atoms with Crippen LogP contribution < -0.4 is 14.4 Å². The first-order valence-electron chi connectivity index (χ1n) is 10.3. The summed E-state index contributed by atoms with van der Waals surface area (Å²) in [5, 5.41) is 9.22. The zero-order valence-corrected chi connectivity index (χ0v) is 19.3. The molecule has 0 spiro atoms. The van der Waals surface area contributed by atoms with Crippen molar-refractivity contribution in [3.8, 4) is 17.5 Å². The Hall–Kier alpha value is -2.06. The molecule has 1 aliphatic carbocycles. The molecule has 1 saturated carbocycles. The van der Waals surface area contributed by atoms with Gasteiger partial charge in [0.1, 0.15) is 16.3 Å². The lowest BCUT2D eigenvalue weighted by atomic mass is 10.2. The van der Waals surface area contributed by atoms with Gasteiger partial charge in [0.05, 0.1) is 22.8 Å². The largest absolute Gasteiger partial charge is 0.480 e. The normalized spacial score (nSPS) is 16.5. The molecule has 2 aromatic heterocycles. The van der Waals surface area contributed by atoms with E-state index in [-0.39, 0.29) is 0 Å². The first-order valence-corrected chi connectivity index (χ1v) is 11.4. The van der Waals surface area contributed by atoms with Gasteiger partial charge in [-0.2, -0.15) is 4.98 Å². The molecule has 5 rings (SSSR count). The van der Waals surface area contributed by atoms with Crippen LogP contribution >= 0.6 is 27.5 Å². The smallest absolute Gasteiger partial charge is 0.237 e. The molecule has 1 saturated heterocycles. The minimum absolute atomic E-state index is 0.367. The monoisotopic (exact) mass is 491 g/mol. The Bertz CT molecular complexity index is 1110. The first-order chi connectivity index (χ1) is 14.6. The van der Waals surface area contributed by atoms with Gasteiger partial charge in [0.2, 0.25) is 11.8 Å². The van der Waals surface area contributed by atoms with Crippen LogP contribution in [0, 0.1) is 12.8 Å². The number of anilines is 1. The Morgan fingerprint density at radius 1 is 1.20 bits per heavy atom. The number of ether oxygens (including phenoxy) is 2. The minimum Gasteiger partial charge on any atom is -0.480 e. The number of methoxy groups -OCH3 is 1. The summed E-state index contributed by atoms with van der Waals surface area (Å²) in [6.45, 7) is 4.83. The van der Waals surface area contributed by atoms with Gasteiger partial charge in [-0.15, -0.1) is 5.10 Å². The third-order valence-electron chi connectivity index (χ3n) is 5.82. The maximum absolute atomic E-state index is 6.61. The van der Waals surface area contributed by atoms with Gasteiger partial charge in [0, 0.05) is 25.2 Å². The predicted octanol–water partition coefficient (Wildman–Crippen LogP) is 5.36. The number of fused-ring (bicyclic) bond motifs is 1. The summed E-state index contributed by atoms with van der Waals surface area (Å²) >= 11 is 10.3. The average Bonchev–Trinajstić information content (AvgIpc) is 3.21. The molecule has 0 amide bonds. The topological polar surface area (TPSA) is 65.3 Å². The molecular weight excluding hydrogens is 470 g/mol. The van der Waals surface area contributed by atoms with Crippen molar-refractivity contribution in [2.24, 2.45) is 5.92 Å². The SMILES string of the molecule is COc1nc(Oc2ccc3c(nnn3CC3CC3)c2Br)c(C)c(N2CCCC2)c1Cl. The summed E-state index contributed by atoms with van der Waals surface area (Å²) in [5.74, 6) is 2.20. The van der Waals surface area contributed by atoms with Crippen LogP contribution in [-0.2, 0) is 6.54 Å². The van der Waals surface area contributed by atoms with Crippen molar-refractivity contribution in [3.63, 3.8) is 0 Å². The van der Waals surface area contributed by atoms with E-state index < -0.39 is 0 Å². The quantitative estimate of drug-likeness (QED) is 0.461. The summed E-state index contributed by atoms with van der Waals surface area (Å²) in [7, 11) is 1.57. The molecule has 3 aromatic rings. The maximum Gasteiger partial charge on any atom is 0.237 e. The van der Waals surface area contributed by atoms with Crippen molar-refractivity contribution in [2.45, 2.75) is 39.2 Å². The number of benzene rings is 1. The second-order valence-electron chi connectivity index (χ2n) is 7.97. The van der Waals surface area contributed by atoms with Crippen LogP contribution in [-0.4, -0.2) is 40.2 Å². The van der Waals surface area contributed by atoms with Crippen LogP contribution in [0.2, 0.25) is 5.02 Å². The van der Waals surface area contributed by atoms with Gasteiger partial charge in [-0.05, 0) is 66.6 Å². The van der Waals surface area contributed by atoms with Crippen molar-refractivity contribution in [1.82, 2.24) is 20.0 Å². The Kier molecular flexibility index (Phi) is 5.23. The van der Waals surface area contributed by atoms with E-state index in [2.05, 4.69) is 36.1 Å². The zero-order chi connectivity index (χ0) is 20.8. The highest BCUT2D eigenvalue weighted by atomic mass is 79.9. The average molecular weight is 493 g/mol. The molecule has 2 fully saturated rings. The van der Waals surface area contributed by atoms with E-state index in [0.717, 1.165) is 65.2 Å². The molecule has 0 atom stereocenters. The number of hydrogen-bond donors (Lipinski definition) is 0. The molecule has 0 N–H and O–H groups in total. The van der Waals surface area contributed by atoms with Crippen molar-refractivity contribution < 1.29 is 9.47 Å². The fraction of sp³-hybridized carbons (Fsp3) is 0.476. The minimum atomic E-state index is 0.367. The van der Waals surface area contributed by atoms with Crippen LogP contribution in [0.15, 0.2) is 16.6 Å². The Labute approximate surface area is 188 Å². The molecular formula is C21H23BrClN5O2. The summed E-state index contributed by atoms with van der Waals surface area (Å²) in [6, 6.07) is 3.93. The van der Waals surface area contributed by atoms with E-state index in [1.165, 1.54) is 12.8 Å². The Morgan fingerprint density at radius 2 is 1.97 bits per heavy atom. The van der Waals surface area contributed by atoms with Crippen molar-refractivity contribution in [3.05, 3.63) is 27.2 Å². The number of hydrogen-bond acceptors (Lipinski definition) is 6. The molecule has 0 radical (unpaired) electrons. The predicted molar refractivity (Wildman–Crippen MR) is 120 cm³/mol. The van der Waals surface area contributed by atoms with Gasteiger partial charge in [-0.3, -0.25) is 0 Å². The third kappa shape index (κ3) is 3.50. The Balaban J connectivity index is 1.52. The molecule has 30 heavy (non-hydrogen) atoms. The number of halogens is 2. The first kappa shape index (κ1) is 19.9. The van der Waals surface area contributed by atoms with Gasteiger partial charge >= 0.3 is 0 Å². The highest BCUT2D eigenvalue weighted by Gasteiger charge is 2.26. The summed E-state index contributed by atoms with van der Waals surface area (Å²) in [4.78, 5) is 6.80. The molecule has 3 heterocycles. The lowest BCUT2D eigenvalue weighted by Crippen LogP contribution is -2.20. The van der Waals surface area contributed by atoms with E-state index >= 15 is 0 Å². The van der Waals surface area contributed by atoms with E-state index in [1.807, 2.05) is 23.7 Å². The van der Waals surface area contributed by atoms with Crippen molar-refractivity contribution in [2.75, 3.05) is 25.1 Å². The number of nitrogens with zero attached hydrogens (tertiary/aromatic N) is 5. The van der Waals surface area contributed by atoms with E-state index in [9.17, 15) is 0 Å². The highest BCUT2D eigenvalue weighted by Crippen LogP contribution is 2.44. The lowest BCUT2D eigenvalue weighted by molar-refractivity contribution is 0.382. The maximum atomic E-state index is 6.61. The molecule has 1 aliphatic heterocycles. The summed E-state index contributed by atoms with van der Waals surface area (Å²) in [6.07, 6.45) is 4.84. The van der Waals surface area contributed by atoms with Gasteiger partial charge in [0.25, 0.3) is 0 Å². The summed E-state index contributed by atoms with van der Waals surface area (Å²) < 4.78 is 14.4. The molecule has 7 nitrogen and oxygen atoms in total. The van der Waals surface area contributed by atoms with Crippen LogP contribution in [0.4, 0.5) is 5.69 Å². The van der Waals surface area contributed by atoms with E-state index in [1.54, 1.807) is 7.11 Å². The standard InChI is InChI=1S/C21H23BrClN5O2/c1-12-19(27-9-3-4-10-27)17(23)21(29-2)24-20(12)30-15-8-7-14-18(16(15)22)25-26-28(14)11-13-5-6-13/h7-8,13H,3-6,9-11H2,1-2H3. The molecule has 1 aromatic carbocycles. The number of aromatic nitrogens is 4. The van der Waals surface area contributed by atoms with Gasteiger partial charge in [-0.1, -0.05) is 16.8 Å². The zero-order valence-electron chi connectivity index (χ0n) is 17.0. The number of rotatable bonds is 6. The fourth-order valence-electron chi connectivity index (χ4n) is 3.99. The fourth-order valence-corrected chi connectivity index (χ4v) is 4.87. The lowest BCUT2D eigenvalue weighted by Gasteiger charge is -2.24. The molecule has 0 bridgehead atoms. The summed E-state index contributed by atoms with van der Waals surface area (Å²) in [5.41, 5.74) is 3.61. The molecule has 9 heteroatoms. The Morgan fingerprint density at radius 3 is 2.67 bits per heavy atom. The molecule has 2 aliphatic rings. The molecule has 158 valence electrons. The van der Waals surface area contributed by atoms with Crippen LogP contribution in [0.1, 0.15) is 31.2 Å². The highest BCUT2D eigenvalue weighted by molar-refractivity contribution is 9.10.